The molecule has 0 N–H and O–H groups in total. The topological polar surface area (TPSA) is 47.4 Å². The standard InChI is InChI=1S/C15H18N3OSi/c1-11-9-16-10-14(17-11)12(2)18-13-7-5-6-8-15(13)19-20(3)4/h5-10H,1-4H3. The molecule has 1 aromatic heterocycles. The lowest BCUT2D eigenvalue weighted by atomic mass is 10.2. The number of nitrogens with zero attached hydrogens (tertiary/aromatic N) is 3. The Morgan fingerprint density at radius 3 is 2.65 bits per heavy atom. The monoisotopic (exact) mass is 284 g/mol. The van der Waals surface area contributed by atoms with Crippen LogP contribution in [0.2, 0.25) is 13.1 Å². The van der Waals surface area contributed by atoms with Crippen molar-refractivity contribution in [1.82, 2.24) is 9.97 Å². The molecule has 20 heavy (non-hydrogen) atoms. The maximum Gasteiger partial charge on any atom is 0.274 e. The van der Waals surface area contributed by atoms with Crippen LogP contribution in [0.25, 0.3) is 0 Å². The van der Waals surface area contributed by atoms with E-state index in [1.54, 1.807) is 12.4 Å². The summed E-state index contributed by atoms with van der Waals surface area (Å²) in [5.74, 6) is 0.825. The van der Waals surface area contributed by atoms with Crippen molar-refractivity contribution in [1.29, 1.82) is 0 Å². The largest absolute Gasteiger partial charge is 0.541 e. The van der Waals surface area contributed by atoms with E-state index in [-0.39, 0.29) is 0 Å². The van der Waals surface area contributed by atoms with Crippen molar-refractivity contribution in [2.45, 2.75) is 26.9 Å². The zero-order valence-electron chi connectivity index (χ0n) is 12.2. The van der Waals surface area contributed by atoms with Crippen LogP contribution in [0.1, 0.15) is 18.3 Å². The van der Waals surface area contributed by atoms with Crippen LogP contribution in [-0.2, 0) is 0 Å². The molecule has 0 fully saturated rings. The first-order valence-electron chi connectivity index (χ1n) is 6.47. The zero-order valence-corrected chi connectivity index (χ0v) is 13.2. The molecular formula is C15H18N3OSi. The molecule has 1 radical (unpaired) electrons. The van der Waals surface area contributed by atoms with Gasteiger partial charge in [-0.3, -0.25) is 4.98 Å². The van der Waals surface area contributed by atoms with Gasteiger partial charge in [-0.2, -0.15) is 0 Å². The molecule has 0 aliphatic rings. The first-order valence-corrected chi connectivity index (χ1v) is 8.88. The minimum absolute atomic E-state index is 0.790. The molecule has 1 heterocycles. The highest BCUT2D eigenvalue weighted by molar-refractivity contribution is 6.49. The Morgan fingerprint density at radius 1 is 1.20 bits per heavy atom. The lowest BCUT2D eigenvalue weighted by Gasteiger charge is -2.11. The van der Waals surface area contributed by atoms with Gasteiger partial charge in [0.15, 0.2) is 0 Å². The van der Waals surface area contributed by atoms with Crippen molar-refractivity contribution in [3.05, 3.63) is 48.0 Å². The maximum atomic E-state index is 5.86. The predicted octanol–water partition coefficient (Wildman–Crippen LogP) is 3.56. The molecule has 0 amide bonds. The predicted molar refractivity (Wildman–Crippen MR) is 83.2 cm³/mol. The van der Waals surface area contributed by atoms with Gasteiger partial charge in [0.25, 0.3) is 9.04 Å². The van der Waals surface area contributed by atoms with Crippen LogP contribution in [0.3, 0.4) is 0 Å². The molecule has 0 aliphatic heterocycles. The van der Waals surface area contributed by atoms with E-state index in [0.717, 1.165) is 28.5 Å². The summed E-state index contributed by atoms with van der Waals surface area (Å²) in [5, 5.41) is 0. The first-order chi connectivity index (χ1) is 9.56. The Bertz CT molecular complexity index is 626. The summed E-state index contributed by atoms with van der Waals surface area (Å²) in [6, 6.07) is 7.82. The number of rotatable bonds is 4. The van der Waals surface area contributed by atoms with E-state index in [9.17, 15) is 0 Å². The second kappa shape index (κ2) is 6.43. The van der Waals surface area contributed by atoms with E-state index in [1.807, 2.05) is 38.1 Å². The highest BCUT2D eigenvalue weighted by Gasteiger charge is 2.07. The van der Waals surface area contributed by atoms with Crippen LogP contribution in [0, 0.1) is 6.92 Å². The summed E-state index contributed by atoms with van der Waals surface area (Å²) in [6.07, 6.45) is 3.46. The Kier molecular flexibility index (Phi) is 4.63. The lowest BCUT2D eigenvalue weighted by molar-refractivity contribution is 0.582. The molecule has 4 nitrogen and oxygen atoms in total. The van der Waals surface area contributed by atoms with Crippen molar-refractivity contribution in [3.63, 3.8) is 0 Å². The minimum atomic E-state index is -0.812. The molecule has 0 spiro atoms. The number of benzene rings is 1. The number of hydrogen-bond acceptors (Lipinski definition) is 4. The van der Waals surface area contributed by atoms with Crippen molar-refractivity contribution < 1.29 is 4.43 Å². The maximum absolute atomic E-state index is 5.86. The van der Waals surface area contributed by atoms with E-state index in [0.29, 0.717) is 0 Å². The third-order valence-electron chi connectivity index (χ3n) is 2.59. The van der Waals surface area contributed by atoms with Gasteiger partial charge in [0, 0.05) is 6.20 Å². The van der Waals surface area contributed by atoms with Crippen LogP contribution in [0.5, 0.6) is 5.75 Å². The van der Waals surface area contributed by atoms with Gasteiger partial charge in [-0.25, -0.2) is 9.98 Å². The smallest absolute Gasteiger partial charge is 0.274 e. The Morgan fingerprint density at radius 2 is 1.95 bits per heavy atom. The van der Waals surface area contributed by atoms with Crippen molar-refractivity contribution in [2.75, 3.05) is 0 Å². The normalized spacial score (nSPS) is 11.8. The molecule has 0 bridgehead atoms. The molecule has 2 rings (SSSR count). The van der Waals surface area contributed by atoms with Gasteiger partial charge in [0.05, 0.1) is 17.6 Å². The number of aliphatic imine (C=N–C) groups is 1. The summed E-state index contributed by atoms with van der Waals surface area (Å²) < 4.78 is 5.86. The van der Waals surface area contributed by atoms with Gasteiger partial charge < -0.3 is 4.43 Å². The SMILES string of the molecule is CC(=Nc1ccccc1O[Si](C)C)c1cncc(C)n1. The van der Waals surface area contributed by atoms with Crippen molar-refractivity contribution >= 4 is 20.4 Å². The summed E-state index contributed by atoms with van der Waals surface area (Å²) in [6.45, 7) is 8.06. The van der Waals surface area contributed by atoms with Gasteiger partial charge in [-0.15, -0.1) is 0 Å². The second-order valence-corrected chi connectivity index (χ2v) is 6.74. The molecule has 0 aliphatic carbocycles. The molecule has 1 aromatic carbocycles. The molecule has 5 heteroatoms. The quantitative estimate of drug-likeness (QED) is 0.637. The first kappa shape index (κ1) is 14.4. The highest BCUT2D eigenvalue weighted by Crippen LogP contribution is 2.28. The third kappa shape index (κ3) is 3.74. The number of para-hydroxylation sites is 2. The van der Waals surface area contributed by atoms with E-state index < -0.39 is 9.04 Å². The van der Waals surface area contributed by atoms with Gasteiger partial charge >= 0.3 is 0 Å². The Balaban J connectivity index is 2.35. The fourth-order valence-electron chi connectivity index (χ4n) is 1.73. The average molecular weight is 284 g/mol. The van der Waals surface area contributed by atoms with E-state index in [2.05, 4.69) is 28.1 Å². The molecule has 103 valence electrons. The molecule has 0 unspecified atom stereocenters. The molecular weight excluding hydrogens is 266 g/mol. The summed E-state index contributed by atoms with van der Waals surface area (Å²) >= 11 is 0. The fraction of sp³-hybridized carbons (Fsp3) is 0.267. The van der Waals surface area contributed by atoms with E-state index in [4.69, 9.17) is 4.43 Å². The van der Waals surface area contributed by atoms with Crippen LogP contribution in [0.4, 0.5) is 5.69 Å². The van der Waals surface area contributed by atoms with Crippen molar-refractivity contribution in [2.24, 2.45) is 4.99 Å². The fourth-order valence-corrected chi connectivity index (χ4v) is 2.34. The molecule has 0 saturated carbocycles. The van der Waals surface area contributed by atoms with Gasteiger partial charge in [0.1, 0.15) is 17.1 Å². The Hall–Kier alpha value is -2.01. The van der Waals surface area contributed by atoms with E-state index >= 15 is 0 Å². The van der Waals surface area contributed by atoms with Crippen molar-refractivity contribution in [3.8, 4) is 5.75 Å². The average Bonchev–Trinajstić information content (AvgIpc) is 2.40. The minimum Gasteiger partial charge on any atom is -0.541 e. The van der Waals surface area contributed by atoms with E-state index in [1.165, 1.54) is 0 Å². The van der Waals surface area contributed by atoms with Crippen LogP contribution in [0.15, 0.2) is 41.7 Å². The number of aryl methyl sites for hydroxylation is 1. The number of aromatic nitrogens is 2. The van der Waals surface area contributed by atoms with Gasteiger partial charge in [0.2, 0.25) is 0 Å². The molecule has 0 saturated heterocycles. The van der Waals surface area contributed by atoms with Gasteiger partial charge in [-0.05, 0) is 39.1 Å². The third-order valence-corrected chi connectivity index (χ3v) is 3.22. The Labute approximate surface area is 121 Å². The van der Waals surface area contributed by atoms with Crippen LogP contribution < -0.4 is 4.43 Å². The summed E-state index contributed by atoms with van der Waals surface area (Å²) in [4.78, 5) is 13.2. The highest BCUT2D eigenvalue weighted by atomic mass is 28.3. The summed E-state index contributed by atoms with van der Waals surface area (Å²) in [7, 11) is -0.812. The molecule has 2 aromatic rings. The zero-order chi connectivity index (χ0) is 14.5. The van der Waals surface area contributed by atoms with Gasteiger partial charge in [-0.1, -0.05) is 12.1 Å². The van der Waals surface area contributed by atoms with Crippen LogP contribution in [-0.4, -0.2) is 24.7 Å². The molecule has 0 atom stereocenters. The van der Waals surface area contributed by atoms with Crippen LogP contribution >= 0.6 is 0 Å². The summed E-state index contributed by atoms with van der Waals surface area (Å²) in [5.41, 5.74) is 3.34. The lowest BCUT2D eigenvalue weighted by Crippen LogP contribution is -2.11. The number of hydrogen-bond donors (Lipinski definition) is 0. The second-order valence-electron chi connectivity index (χ2n) is 4.72.